The zero-order chi connectivity index (χ0) is 12.3. The first-order valence-corrected chi connectivity index (χ1v) is 5.09. The third kappa shape index (κ3) is 20.9. The van der Waals surface area contributed by atoms with E-state index in [1.165, 1.54) is 0 Å². The van der Waals surface area contributed by atoms with Crippen molar-refractivity contribution in [2.24, 2.45) is 5.41 Å². The van der Waals surface area contributed by atoms with Gasteiger partial charge in [0.15, 0.2) is 0 Å². The molecule has 3 nitrogen and oxygen atoms in total. The van der Waals surface area contributed by atoms with E-state index in [0.717, 1.165) is 6.42 Å². The van der Waals surface area contributed by atoms with Gasteiger partial charge in [0.05, 0.1) is 6.61 Å². The Hall–Kier alpha value is 1.52. The van der Waals surface area contributed by atoms with E-state index in [9.17, 15) is 0 Å². The standard InChI is InChI=1S/C6H13O3.C6H13.K/c1-7-4-6(9-3)5-8-2;1-5-6(2,3)4;/h6H,1,4-5H2,2-3H3;1,5H2,2-4H3;/q2*-1;+1. The minimum absolute atomic E-state index is 0. The van der Waals surface area contributed by atoms with Crippen molar-refractivity contribution in [1.82, 2.24) is 0 Å². The summed E-state index contributed by atoms with van der Waals surface area (Å²) in [6, 6.07) is 0. The minimum Gasteiger partial charge on any atom is -0.553 e. The Morgan fingerprint density at radius 1 is 1.12 bits per heavy atom. The molecule has 1 unspecified atom stereocenters. The van der Waals surface area contributed by atoms with Crippen LogP contribution >= 0.6 is 0 Å². The molecule has 0 heterocycles. The molecule has 0 amide bonds. The van der Waals surface area contributed by atoms with Gasteiger partial charge in [-0.05, 0) is 0 Å². The van der Waals surface area contributed by atoms with Crippen molar-refractivity contribution < 1.29 is 65.6 Å². The van der Waals surface area contributed by atoms with Gasteiger partial charge in [0.25, 0.3) is 0 Å². The summed E-state index contributed by atoms with van der Waals surface area (Å²) >= 11 is 0. The Morgan fingerprint density at radius 2 is 1.56 bits per heavy atom. The summed E-state index contributed by atoms with van der Waals surface area (Å²) in [5.41, 5.74) is 0.431. The first-order valence-electron chi connectivity index (χ1n) is 5.09. The molecule has 0 aromatic heterocycles. The Kier molecular flexibility index (Phi) is 20.7. The molecule has 0 bridgehead atoms. The fourth-order valence-electron chi connectivity index (χ4n) is 0.502. The Labute approximate surface area is 144 Å². The smallest absolute Gasteiger partial charge is 0.553 e. The van der Waals surface area contributed by atoms with Gasteiger partial charge < -0.3 is 21.1 Å². The molecule has 1 atom stereocenters. The number of rotatable bonds is 5. The average molecular weight is 257 g/mol. The van der Waals surface area contributed by atoms with Crippen molar-refractivity contribution in [2.45, 2.75) is 33.3 Å². The number of methoxy groups -OCH3 is 2. The maximum atomic E-state index is 4.94. The molecular weight excluding hydrogens is 231 g/mol. The molecule has 0 aliphatic rings. The van der Waals surface area contributed by atoms with Gasteiger partial charge in [-0.1, -0.05) is 26.2 Å². The molecule has 0 rings (SSSR count). The van der Waals surface area contributed by atoms with E-state index < -0.39 is 0 Å². The molecular formula is C12H26KO3-. The molecule has 0 aromatic carbocycles. The summed E-state index contributed by atoms with van der Waals surface area (Å²) in [5.74, 6) is 0. The zero-order valence-corrected chi connectivity index (χ0v) is 15.0. The van der Waals surface area contributed by atoms with Gasteiger partial charge in [0.1, 0.15) is 6.10 Å². The third-order valence-electron chi connectivity index (χ3n) is 1.74. The van der Waals surface area contributed by atoms with Crippen LogP contribution in [0.2, 0.25) is 0 Å². The normalized spacial score (nSPS) is 12.2. The SMILES string of the molecule is [CH2-]CC(C)(C)C.[CH2-]OCC(COC)OC.[K+]. The summed E-state index contributed by atoms with van der Waals surface area (Å²) in [5, 5.41) is 0. The fourth-order valence-corrected chi connectivity index (χ4v) is 0.502. The molecule has 0 aromatic rings. The molecule has 0 saturated heterocycles. The van der Waals surface area contributed by atoms with Crippen molar-refractivity contribution in [3.8, 4) is 0 Å². The van der Waals surface area contributed by atoms with Gasteiger partial charge in [0.2, 0.25) is 0 Å². The molecule has 94 valence electrons. The molecule has 16 heavy (non-hydrogen) atoms. The van der Waals surface area contributed by atoms with Gasteiger partial charge >= 0.3 is 51.4 Å². The van der Waals surface area contributed by atoms with Crippen LogP contribution in [0.4, 0.5) is 0 Å². The maximum Gasteiger partial charge on any atom is 1.00 e. The molecule has 4 heteroatoms. The van der Waals surface area contributed by atoms with Gasteiger partial charge in [-0.25, -0.2) is 7.11 Å². The molecule has 0 radical (unpaired) electrons. The molecule has 0 aliphatic heterocycles. The first kappa shape index (κ1) is 22.7. The summed E-state index contributed by atoms with van der Waals surface area (Å²) in [6.07, 6.45) is 1.03. The Balaban J connectivity index is -0.000000214. The summed E-state index contributed by atoms with van der Waals surface area (Å²) in [6.45, 7) is 11.3. The topological polar surface area (TPSA) is 27.7 Å². The number of hydrogen-bond acceptors (Lipinski definition) is 3. The van der Waals surface area contributed by atoms with Gasteiger partial charge in [0, 0.05) is 20.8 Å². The van der Waals surface area contributed by atoms with E-state index in [4.69, 9.17) is 9.47 Å². The maximum absolute atomic E-state index is 4.94. The predicted octanol–water partition coefficient (Wildman–Crippen LogP) is -0.283. The fraction of sp³-hybridized carbons (Fsp3) is 0.833. The van der Waals surface area contributed by atoms with Crippen LogP contribution in [0, 0.1) is 19.4 Å². The first-order chi connectivity index (χ1) is 6.91. The van der Waals surface area contributed by atoms with Gasteiger partial charge in [-0.2, -0.15) is 6.42 Å². The zero-order valence-electron chi connectivity index (χ0n) is 11.8. The summed E-state index contributed by atoms with van der Waals surface area (Å²) in [7, 11) is 6.45. The Bertz CT molecular complexity index is 118. The molecule has 0 fully saturated rings. The van der Waals surface area contributed by atoms with E-state index >= 15 is 0 Å². The largest absolute Gasteiger partial charge is 1.00 e. The average Bonchev–Trinajstić information content (AvgIpc) is 2.17. The molecule has 0 N–H and O–H groups in total. The number of ether oxygens (including phenoxy) is 3. The van der Waals surface area contributed by atoms with Crippen molar-refractivity contribution >= 4 is 0 Å². The summed E-state index contributed by atoms with van der Waals surface area (Å²) < 4.78 is 14.3. The van der Waals surface area contributed by atoms with Crippen LogP contribution in [0.1, 0.15) is 27.2 Å². The van der Waals surface area contributed by atoms with Crippen molar-refractivity contribution in [3.05, 3.63) is 14.0 Å². The van der Waals surface area contributed by atoms with E-state index in [2.05, 4.69) is 39.5 Å². The van der Waals surface area contributed by atoms with Crippen LogP contribution in [-0.4, -0.2) is 33.5 Å². The van der Waals surface area contributed by atoms with Crippen LogP contribution in [0.5, 0.6) is 0 Å². The molecule has 0 saturated carbocycles. The third-order valence-corrected chi connectivity index (χ3v) is 1.74. The van der Waals surface area contributed by atoms with E-state index in [-0.39, 0.29) is 57.5 Å². The second kappa shape index (κ2) is 14.6. The van der Waals surface area contributed by atoms with E-state index in [1.54, 1.807) is 14.2 Å². The van der Waals surface area contributed by atoms with Crippen molar-refractivity contribution in [3.63, 3.8) is 0 Å². The Morgan fingerprint density at radius 3 is 1.75 bits per heavy atom. The quantitative estimate of drug-likeness (QED) is 0.501. The van der Waals surface area contributed by atoms with Crippen LogP contribution in [0.25, 0.3) is 0 Å². The van der Waals surface area contributed by atoms with Crippen LogP contribution in [-0.2, 0) is 14.2 Å². The van der Waals surface area contributed by atoms with Gasteiger partial charge in [-0.15, -0.1) is 0 Å². The van der Waals surface area contributed by atoms with Crippen molar-refractivity contribution in [1.29, 1.82) is 0 Å². The predicted molar refractivity (Wildman–Crippen MR) is 63.4 cm³/mol. The molecule has 0 aliphatic carbocycles. The number of hydrogen-bond donors (Lipinski definition) is 0. The van der Waals surface area contributed by atoms with Gasteiger partial charge in [-0.3, -0.25) is 0 Å². The van der Waals surface area contributed by atoms with Crippen LogP contribution < -0.4 is 51.4 Å². The van der Waals surface area contributed by atoms with Crippen LogP contribution in [0.15, 0.2) is 0 Å². The second-order valence-corrected chi connectivity index (χ2v) is 4.49. The van der Waals surface area contributed by atoms with E-state index in [0.29, 0.717) is 18.6 Å². The van der Waals surface area contributed by atoms with Crippen LogP contribution in [0.3, 0.4) is 0 Å². The van der Waals surface area contributed by atoms with E-state index in [1.807, 2.05) is 0 Å². The minimum atomic E-state index is 0. The van der Waals surface area contributed by atoms with Crippen molar-refractivity contribution in [2.75, 3.05) is 27.4 Å². The molecule has 0 spiro atoms. The monoisotopic (exact) mass is 257 g/mol. The second-order valence-electron chi connectivity index (χ2n) is 4.49. The summed E-state index contributed by atoms with van der Waals surface area (Å²) in [4.78, 5) is 0.